The van der Waals surface area contributed by atoms with Gasteiger partial charge in [0, 0.05) is 16.2 Å². The zero-order valence-electron chi connectivity index (χ0n) is 10.2. The Labute approximate surface area is 111 Å². The summed E-state index contributed by atoms with van der Waals surface area (Å²) in [7, 11) is 0. The second-order valence-electron chi connectivity index (χ2n) is 4.85. The Balaban J connectivity index is 2.57. The van der Waals surface area contributed by atoms with Crippen molar-refractivity contribution in [2.75, 3.05) is 5.75 Å². The van der Waals surface area contributed by atoms with E-state index >= 15 is 0 Å². The summed E-state index contributed by atoms with van der Waals surface area (Å²) in [6.45, 7) is 6.20. The van der Waals surface area contributed by atoms with Crippen LogP contribution in [0.2, 0.25) is 5.02 Å². The van der Waals surface area contributed by atoms with Crippen molar-refractivity contribution in [3.05, 3.63) is 34.6 Å². The van der Waals surface area contributed by atoms with E-state index in [1.807, 2.05) is 0 Å². The minimum atomic E-state index is -0.379. The predicted octanol–water partition coefficient (Wildman–Crippen LogP) is 4.12. The lowest BCUT2D eigenvalue weighted by atomic mass is 10.1. The molecule has 0 unspecified atom stereocenters. The van der Waals surface area contributed by atoms with Crippen molar-refractivity contribution in [1.29, 1.82) is 0 Å². The first-order chi connectivity index (χ1) is 7.78. The van der Waals surface area contributed by atoms with Crippen LogP contribution in [-0.4, -0.2) is 16.3 Å². The molecule has 0 N–H and O–H groups in total. The molecule has 0 saturated heterocycles. The Kier molecular flexibility index (Phi) is 5.02. The molecule has 1 rings (SSSR count). The monoisotopic (exact) mass is 274 g/mol. The molecule has 4 heteroatoms. The minimum absolute atomic E-state index is 0.0717. The maximum absolute atomic E-state index is 12.8. The smallest absolute Gasteiger partial charge is 0.147 e. The number of carbonyl (C=O) groups excluding carboxylic acids is 1. The molecule has 0 saturated carbocycles. The van der Waals surface area contributed by atoms with Crippen molar-refractivity contribution in [3.8, 4) is 0 Å². The molecule has 0 radical (unpaired) electrons. The number of halogens is 2. The van der Waals surface area contributed by atoms with E-state index in [4.69, 9.17) is 11.6 Å². The van der Waals surface area contributed by atoms with Gasteiger partial charge in [0.05, 0.1) is 5.75 Å². The molecule has 0 bridgehead atoms. The van der Waals surface area contributed by atoms with Crippen molar-refractivity contribution in [2.45, 2.75) is 31.9 Å². The number of carbonyl (C=O) groups is 1. The molecule has 0 fully saturated rings. The number of benzene rings is 1. The Morgan fingerprint density at radius 1 is 1.41 bits per heavy atom. The normalized spacial score (nSPS) is 11.6. The molecule has 0 aliphatic carbocycles. The third-order valence-corrected chi connectivity index (χ3v) is 3.75. The van der Waals surface area contributed by atoms with Crippen LogP contribution in [0, 0.1) is 5.82 Å². The van der Waals surface area contributed by atoms with Crippen molar-refractivity contribution in [1.82, 2.24) is 0 Å². The third kappa shape index (κ3) is 5.55. The van der Waals surface area contributed by atoms with E-state index in [1.165, 1.54) is 12.1 Å². The van der Waals surface area contributed by atoms with Gasteiger partial charge in [-0.15, -0.1) is 11.8 Å². The summed E-state index contributed by atoms with van der Waals surface area (Å²) < 4.78 is 12.9. The van der Waals surface area contributed by atoms with Crippen LogP contribution in [-0.2, 0) is 11.2 Å². The van der Waals surface area contributed by atoms with Crippen LogP contribution in [0.5, 0.6) is 0 Å². The number of Topliss-reactive ketones (excluding diaryl/α,β-unsaturated/α-hetero) is 1. The van der Waals surface area contributed by atoms with Crippen LogP contribution in [0.1, 0.15) is 26.3 Å². The Morgan fingerprint density at radius 2 is 2.06 bits per heavy atom. The Bertz CT molecular complexity index is 412. The zero-order valence-corrected chi connectivity index (χ0v) is 11.8. The molecule has 0 aromatic heterocycles. The molecule has 1 aromatic rings. The molecule has 1 aromatic carbocycles. The van der Waals surface area contributed by atoms with E-state index < -0.39 is 0 Å². The van der Waals surface area contributed by atoms with Gasteiger partial charge in [0.1, 0.15) is 11.6 Å². The van der Waals surface area contributed by atoms with Gasteiger partial charge < -0.3 is 0 Å². The second kappa shape index (κ2) is 5.87. The lowest BCUT2D eigenvalue weighted by Crippen LogP contribution is -2.14. The first-order valence-corrected chi connectivity index (χ1v) is 6.74. The molecular weight excluding hydrogens is 259 g/mol. The molecule has 0 heterocycles. The van der Waals surface area contributed by atoms with Gasteiger partial charge in [0.15, 0.2) is 0 Å². The van der Waals surface area contributed by atoms with Crippen LogP contribution in [0.4, 0.5) is 4.39 Å². The first-order valence-electron chi connectivity index (χ1n) is 5.37. The van der Waals surface area contributed by atoms with E-state index in [2.05, 4.69) is 20.8 Å². The fourth-order valence-corrected chi connectivity index (χ4v) is 2.16. The largest absolute Gasteiger partial charge is 0.298 e. The molecule has 0 aliphatic rings. The number of hydrogen-bond donors (Lipinski definition) is 0. The summed E-state index contributed by atoms with van der Waals surface area (Å²) in [6.07, 6.45) is 0.266. The summed E-state index contributed by atoms with van der Waals surface area (Å²) in [5.41, 5.74) is 0.688. The average Bonchev–Trinajstić information content (AvgIpc) is 2.18. The van der Waals surface area contributed by atoms with E-state index in [0.717, 1.165) is 0 Å². The van der Waals surface area contributed by atoms with Crippen LogP contribution < -0.4 is 0 Å². The van der Waals surface area contributed by atoms with Crippen molar-refractivity contribution in [2.24, 2.45) is 0 Å². The van der Waals surface area contributed by atoms with Gasteiger partial charge in [-0.05, 0) is 17.7 Å². The summed E-state index contributed by atoms with van der Waals surface area (Å²) >= 11 is 7.47. The second-order valence-corrected chi connectivity index (χ2v) is 7.06. The summed E-state index contributed by atoms with van der Waals surface area (Å²) in [6, 6.07) is 4.13. The molecule has 0 aliphatic heterocycles. The van der Waals surface area contributed by atoms with Gasteiger partial charge in [-0.1, -0.05) is 38.4 Å². The molecule has 17 heavy (non-hydrogen) atoms. The first kappa shape index (κ1) is 14.5. The summed E-state index contributed by atoms with van der Waals surface area (Å²) in [4.78, 5) is 11.7. The quantitative estimate of drug-likeness (QED) is 0.821. The van der Waals surface area contributed by atoms with Crippen LogP contribution >= 0.6 is 23.4 Å². The van der Waals surface area contributed by atoms with E-state index in [9.17, 15) is 9.18 Å². The number of thioether (sulfide) groups is 1. The van der Waals surface area contributed by atoms with Crippen LogP contribution in [0.25, 0.3) is 0 Å². The van der Waals surface area contributed by atoms with Crippen molar-refractivity contribution in [3.63, 3.8) is 0 Å². The fraction of sp³-hybridized carbons (Fsp3) is 0.462. The van der Waals surface area contributed by atoms with Crippen LogP contribution in [0.15, 0.2) is 18.2 Å². The number of hydrogen-bond acceptors (Lipinski definition) is 2. The summed E-state index contributed by atoms with van der Waals surface area (Å²) in [5, 5.41) is 0.319. The van der Waals surface area contributed by atoms with Gasteiger partial charge in [-0.25, -0.2) is 4.39 Å². The topological polar surface area (TPSA) is 17.1 Å². The maximum atomic E-state index is 12.8. The Morgan fingerprint density at radius 3 is 2.59 bits per heavy atom. The average molecular weight is 275 g/mol. The highest BCUT2D eigenvalue weighted by Gasteiger charge is 2.14. The van der Waals surface area contributed by atoms with Gasteiger partial charge in [0.2, 0.25) is 0 Å². The molecule has 0 atom stereocenters. The van der Waals surface area contributed by atoms with E-state index in [0.29, 0.717) is 16.3 Å². The van der Waals surface area contributed by atoms with Crippen molar-refractivity contribution < 1.29 is 9.18 Å². The highest BCUT2D eigenvalue weighted by atomic mass is 35.5. The summed E-state index contributed by atoms with van der Waals surface area (Å²) in [5.74, 6) is 0.186. The molecule has 94 valence electrons. The Hall–Kier alpha value is -0.540. The minimum Gasteiger partial charge on any atom is -0.298 e. The van der Waals surface area contributed by atoms with Crippen molar-refractivity contribution >= 4 is 29.1 Å². The van der Waals surface area contributed by atoms with Crippen LogP contribution in [0.3, 0.4) is 0 Å². The van der Waals surface area contributed by atoms with E-state index in [-0.39, 0.29) is 22.8 Å². The highest BCUT2D eigenvalue weighted by Crippen LogP contribution is 2.24. The highest BCUT2D eigenvalue weighted by molar-refractivity contribution is 8.01. The SMILES string of the molecule is CC(C)(C)SCC(=O)Cc1ccc(F)cc1Cl. The van der Waals surface area contributed by atoms with Gasteiger partial charge in [-0.2, -0.15) is 0 Å². The number of rotatable bonds is 4. The maximum Gasteiger partial charge on any atom is 0.147 e. The zero-order chi connectivity index (χ0) is 13.1. The van der Waals surface area contributed by atoms with Gasteiger partial charge >= 0.3 is 0 Å². The fourth-order valence-electron chi connectivity index (χ4n) is 1.23. The third-order valence-electron chi connectivity index (χ3n) is 2.07. The molecular formula is C13H16ClFOS. The lowest BCUT2D eigenvalue weighted by molar-refractivity contribution is -0.116. The number of ketones is 1. The lowest BCUT2D eigenvalue weighted by Gasteiger charge is -2.16. The van der Waals surface area contributed by atoms with Gasteiger partial charge in [-0.3, -0.25) is 4.79 Å². The molecule has 0 amide bonds. The van der Waals surface area contributed by atoms with E-state index in [1.54, 1.807) is 17.8 Å². The van der Waals surface area contributed by atoms with Gasteiger partial charge in [0.25, 0.3) is 0 Å². The molecule has 0 spiro atoms. The molecule has 1 nitrogen and oxygen atoms in total. The standard InChI is InChI=1S/C13H16ClFOS/c1-13(2,3)17-8-11(16)6-9-4-5-10(15)7-12(9)14/h4-5,7H,6,8H2,1-3H3. The predicted molar refractivity (Wildman–Crippen MR) is 72.3 cm³/mol.